The molecule has 1 aliphatic carbocycles. The van der Waals surface area contributed by atoms with Crippen molar-refractivity contribution in [2.75, 3.05) is 6.61 Å². The van der Waals surface area contributed by atoms with Crippen LogP contribution >= 0.6 is 11.3 Å². The van der Waals surface area contributed by atoms with Gasteiger partial charge in [0, 0.05) is 10.9 Å². The van der Waals surface area contributed by atoms with E-state index in [4.69, 9.17) is 4.74 Å². The normalized spacial score (nSPS) is 17.6. The highest BCUT2D eigenvalue weighted by Crippen LogP contribution is 2.32. The van der Waals surface area contributed by atoms with Gasteiger partial charge in [-0.3, -0.25) is 4.79 Å². The van der Waals surface area contributed by atoms with E-state index < -0.39 is 5.60 Å². The minimum atomic E-state index is -1.50. The fraction of sp³-hybridized carbons (Fsp3) is 0.500. The number of carbonyl (C=O) groups is 1. The molecule has 0 radical (unpaired) electrons. The van der Waals surface area contributed by atoms with Gasteiger partial charge in [0.1, 0.15) is 5.76 Å². The molecule has 0 unspecified atom stereocenters. The van der Waals surface area contributed by atoms with E-state index in [9.17, 15) is 9.90 Å². The highest BCUT2D eigenvalue weighted by molar-refractivity contribution is 7.13. The van der Waals surface area contributed by atoms with Gasteiger partial charge in [-0.15, -0.1) is 11.3 Å². The van der Waals surface area contributed by atoms with E-state index in [-0.39, 0.29) is 11.9 Å². The van der Waals surface area contributed by atoms with Crippen molar-refractivity contribution in [3.63, 3.8) is 0 Å². The first-order valence-corrected chi connectivity index (χ1v) is 7.22. The van der Waals surface area contributed by atoms with E-state index in [0.29, 0.717) is 17.2 Å². The van der Waals surface area contributed by atoms with E-state index in [1.165, 1.54) is 18.3 Å². The Hall–Kier alpha value is -1.33. The number of nitrogens with one attached hydrogen (secondary N) is 1. The molecule has 1 aromatic rings. The third kappa shape index (κ3) is 3.16. The molecule has 19 heavy (non-hydrogen) atoms. The fourth-order valence-electron chi connectivity index (χ4n) is 1.66. The SMILES string of the molecule is C=C(OCC)c1ccc([C@@](C)(O)C(=O)NC2CC2)s1. The first kappa shape index (κ1) is 14.1. The summed E-state index contributed by atoms with van der Waals surface area (Å²) in [5.41, 5.74) is -1.50. The van der Waals surface area contributed by atoms with Gasteiger partial charge in [-0.1, -0.05) is 6.58 Å². The largest absolute Gasteiger partial charge is 0.493 e. The van der Waals surface area contributed by atoms with Crippen LogP contribution in [0.2, 0.25) is 0 Å². The second-order valence-corrected chi connectivity index (χ2v) is 5.92. The predicted molar refractivity (Wildman–Crippen MR) is 75.7 cm³/mol. The van der Waals surface area contributed by atoms with E-state index in [1.54, 1.807) is 6.07 Å². The van der Waals surface area contributed by atoms with Crippen molar-refractivity contribution in [1.82, 2.24) is 5.32 Å². The van der Waals surface area contributed by atoms with Crippen LogP contribution in [0, 0.1) is 0 Å². The van der Waals surface area contributed by atoms with Crippen molar-refractivity contribution in [1.29, 1.82) is 0 Å². The summed E-state index contributed by atoms with van der Waals surface area (Å²) in [4.78, 5) is 13.4. The summed E-state index contributed by atoms with van der Waals surface area (Å²) in [6, 6.07) is 3.80. The van der Waals surface area contributed by atoms with Crippen LogP contribution < -0.4 is 5.32 Å². The molecule has 5 heteroatoms. The lowest BCUT2D eigenvalue weighted by Crippen LogP contribution is -2.42. The second-order valence-electron chi connectivity index (χ2n) is 4.84. The highest BCUT2D eigenvalue weighted by atomic mass is 32.1. The zero-order valence-electron chi connectivity index (χ0n) is 11.2. The van der Waals surface area contributed by atoms with E-state index in [2.05, 4.69) is 11.9 Å². The summed E-state index contributed by atoms with van der Waals surface area (Å²) in [5, 5.41) is 13.2. The van der Waals surface area contributed by atoms with Gasteiger partial charge in [0.05, 0.1) is 11.5 Å². The van der Waals surface area contributed by atoms with Gasteiger partial charge < -0.3 is 15.2 Å². The van der Waals surface area contributed by atoms with Crippen LogP contribution in [0.25, 0.3) is 5.76 Å². The van der Waals surface area contributed by atoms with Crippen molar-refractivity contribution >= 4 is 23.0 Å². The summed E-state index contributed by atoms with van der Waals surface area (Å²) >= 11 is 1.33. The minimum absolute atomic E-state index is 0.233. The highest BCUT2D eigenvalue weighted by Gasteiger charge is 2.37. The Balaban J connectivity index is 2.11. The lowest BCUT2D eigenvalue weighted by Gasteiger charge is -2.20. The minimum Gasteiger partial charge on any atom is -0.493 e. The van der Waals surface area contributed by atoms with Crippen LogP contribution in [-0.4, -0.2) is 23.7 Å². The lowest BCUT2D eigenvalue weighted by atomic mass is 10.0. The average molecular weight is 281 g/mol. The molecule has 2 rings (SSSR count). The van der Waals surface area contributed by atoms with Crippen LogP contribution in [0.3, 0.4) is 0 Å². The average Bonchev–Trinajstić information content (AvgIpc) is 3.02. The molecule has 1 saturated carbocycles. The lowest BCUT2D eigenvalue weighted by molar-refractivity contribution is -0.138. The number of rotatable bonds is 6. The molecule has 1 amide bonds. The smallest absolute Gasteiger partial charge is 0.257 e. The summed E-state index contributed by atoms with van der Waals surface area (Å²) in [6.07, 6.45) is 2.00. The molecule has 1 aliphatic rings. The first-order chi connectivity index (χ1) is 8.95. The molecule has 104 valence electrons. The molecular formula is C14H19NO3S. The maximum atomic E-state index is 12.0. The molecule has 0 saturated heterocycles. The number of hydrogen-bond acceptors (Lipinski definition) is 4. The number of ether oxygens (including phenoxy) is 1. The Morgan fingerprint density at radius 2 is 2.32 bits per heavy atom. The van der Waals surface area contributed by atoms with E-state index in [1.807, 2.05) is 13.0 Å². The Morgan fingerprint density at radius 1 is 1.63 bits per heavy atom. The summed E-state index contributed by atoms with van der Waals surface area (Å²) in [6.45, 7) is 7.77. The number of carbonyl (C=O) groups excluding carboxylic acids is 1. The standard InChI is InChI=1S/C14H19NO3S/c1-4-18-9(2)11-7-8-12(19-11)14(3,17)13(16)15-10-5-6-10/h7-8,10,17H,2,4-6H2,1,3H3,(H,15,16)/t14-/m1/s1. The van der Waals surface area contributed by atoms with Gasteiger partial charge in [-0.2, -0.15) is 0 Å². The summed E-state index contributed by atoms with van der Waals surface area (Å²) in [7, 11) is 0. The molecule has 4 nitrogen and oxygen atoms in total. The van der Waals surface area contributed by atoms with Crippen LogP contribution in [-0.2, 0) is 15.1 Å². The Bertz CT molecular complexity index is 489. The topological polar surface area (TPSA) is 58.6 Å². The molecule has 2 N–H and O–H groups in total. The van der Waals surface area contributed by atoms with Crippen LogP contribution in [0.15, 0.2) is 18.7 Å². The van der Waals surface area contributed by atoms with Crippen molar-refractivity contribution in [3.8, 4) is 0 Å². The zero-order chi connectivity index (χ0) is 14.0. The van der Waals surface area contributed by atoms with Crippen LogP contribution in [0.1, 0.15) is 36.4 Å². The van der Waals surface area contributed by atoms with Gasteiger partial charge in [0.25, 0.3) is 5.91 Å². The first-order valence-electron chi connectivity index (χ1n) is 6.41. The maximum Gasteiger partial charge on any atom is 0.257 e. The molecule has 1 heterocycles. The van der Waals surface area contributed by atoms with Crippen molar-refractivity contribution < 1.29 is 14.6 Å². The third-order valence-corrected chi connectivity index (χ3v) is 4.37. The molecule has 0 aromatic carbocycles. The van der Waals surface area contributed by atoms with Crippen molar-refractivity contribution in [3.05, 3.63) is 28.5 Å². The number of aliphatic hydroxyl groups is 1. The molecule has 0 spiro atoms. The maximum absolute atomic E-state index is 12.0. The molecule has 1 aromatic heterocycles. The Kier molecular flexibility index (Phi) is 3.96. The monoisotopic (exact) mass is 281 g/mol. The Labute approximate surface area is 117 Å². The summed E-state index contributed by atoms with van der Waals surface area (Å²) < 4.78 is 5.32. The molecule has 1 atom stereocenters. The molecule has 0 bridgehead atoms. The van der Waals surface area contributed by atoms with E-state index in [0.717, 1.165) is 17.7 Å². The summed E-state index contributed by atoms with van der Waals surface area (Å²) in [5.74, 6) is 0.225. The van der Waals surface area contributed by atoms with Gasteiger partial charge in [0.2, 0.25) is 0 Å². The van der Waals surface area contributed by atoms with Crippen LogP contribution in [0.4, 0.5) is 0 Å². The second kappa shape index (κ2) is 5.35. The van der Waals surface area contributed by atoms with Gasteiger partial charge >= 0.3 is 0 Å². The predicted octanol–water partition coefficient (Wildman–Crippen LogP) is 2.24. The number of hydrogen-bond donors (Lipinski definition) is 2. The molecule has 0 aliphatic heterocycles. The quantitative estimate of drug-likeness (QED) is 0.786. The van der Waals surface area contributed by atoms with Crippen molar-refractivity contribution in [2.45, 2.75) is 38.3 Å². The van der Waals surface area contributed by atoms with Gasteiger partial charge in [-0.05, 0) is 38.8 Å². The van der Waals surface area contributed by atoms with Gasteiger partial charge in [-0.25, -0.2) is 0 Å². The number of amides is 1. The zero-order valence-corrected chi connectivity index (χ0v) is 12.0. The Morgan fingerprint density at radius 3 is 2.89 bits per heavy atom. The molecular weight excluding hydrogens is 262 g/mol. The molecule has 1 fully saturated rings. The van der Waals surface area contributed by atoms with Crippen molar-refractivity contribution in [2.24, 2.45) is 0 Å². The fourth-order valence-corrected chi connectivity index (χ4v) is 2.63. The van der Waals surface area contributed by atoms with E-state index >= 15 is 0 Å². The van der Waals surface area contributed by atoms with Gasteiger partial charge in [0.15, 0.2) is 5.60 Å². The third-order valence-electron chi connectivity index (χ3n) is 3.03. The number of thiophene rings is 1. The van der Waals surface area contributed by atoms with Crippen LogP contribution in [0.5, 0.6) is 0 Å².